The Hall–Kier alpha value is -1.68. The van der Waals surface area contributed by atoms with Crippen molar-refractivity contribution in [3.63, 3.8) is 0 Å². The number of nitrogens with one attached hydrogen (secondary N) is 1. The lowest BCUT2D eigenvalue weighted by atomic mass is 10.00. The van der Waals surface area contributed by atoms with Crippen LogP contribution in [0.25, 0.3) is 10.1 Å². The Morgan fingerprint density at radius 2 is 2.00 bits per heavy atom. The molecule has 0 saturated carbocycles. The highest BCUT2D eigenvalue weighted by Crippen LogP contribution is 2.31. The van der Waals surface area contributed by atoms with Crippen molar-refractivity contribution in [1.82, 2.24) is 14.5 Å². The third kappa shape index (κ3) is 5.05. The van der Waals surface area contributed by atoms with E-state index in [1.54, 1.807) is 24.3 Å². The molecule has 2 aromatic rings. The lowest BCUT2D eigenvalue weighted by molar-refractivity contribution is -0.144. The first kappa shape index (κ1) is 22.5. The second kappa shape index (κ2) is 9.05. The van der Waals surface area contributed by atoms with E-state index in [-0.39, 0.29) is 22.6 Å². The molecule has 0 radical (unpaired) electrons. The molecule has 2 fully saturated rings. The van der Waals surface area contributed by atoms with Crippen LogP contribution in [0.15, 0.2) is 28.5 Å². The molecule has 2 atom stereocenters. The highest BCUT2D eigenvalue weighted by Gasteiger charge is 2.34. The quantitative estimate of drug-likeness (QED) is 0.708. The Bertz CT molecular complexity index is 1100. The number of fused-ring (bicyclic) bond motifs is 1. The molecule has 2 saturated heterocycles. The number of hydrogen-bond donors (Lipinski definition) is 1. The zero-order valence-electron chi connectivity index (χ0n) is 17.3. The van der Waals surface area contributed by atoms with Crippen LogP contribution < -0.4 is 4.72 Å². The number of benzene rings is 1. The van der Waals surface area contributed by atoms with Crippen LogP contribution in [0.2, 0.25) is 5.02 Å². The molecule has 0 spiro atoms. The summed E-state index contributed by atoms with van der Waals surface area (Å²) in [6.07, 6.45) is 3.15. The maximum atomic E-state index is 12.9. The predicted octanol–water partition coefficient (Wildman–Crippen LogP) is 3.08. The molecule has 2 amide bonds. The molecule has 2 aliphatic heterocycles. The van der Waals surface area contributed by atoms with Gasteiger partial charge >= 0.3 is 0 Å². The molecule has 2 aliphatic rings. The van der Waals surface area contributed by atoms with Gasteiger partial charge in [0.25, 0.3) is 10.0 Å². The van der Waals surface area contributed by atoms with Crippen LogP contribution in [-0.4, -0.2) is 62.3 Å². The molecule has 1 aromatic heterocycles. The van der Waals surface area contributed by atoms with Crippen LogP contribution in [0.4, 0.5) is 0 Å². The molecule has 168 valence electrons. The zero-order valence-corrected chi connectivity index (χ0v) is 19.7. The SMILES string of the molecule is CC1CCCN(C(=O)CN2CCC[C@H](NS(=O)(=O)c3cc4ccc(Cl)cc4s3)C2=O)C1. The van der Waals surface area contributed by atoms with Crippen molar-refractivity contribution in [3.05, 3.63) is 29.3 Å². The summed E-state index contributed by atoms with van der Waals surface area (Å²) in [4.78, 5) is 28.9. The Kier molecular flexibility index (Phi) is 6.57. The fraction of sp³-hybridized carbons (Fsp3) is 0.524. The van der Waals surface area contributed by atoms with Crippen LogP contribution >= 0.6 is 22.9 Å². The fourth-order valence-corrected chi connectivity index (χ4v) is 7.16. The first-order valence-electron chi connectivity index (χ1n) is 10.5. The number of nitrogens with zero attached hydrogens (tertiary/aromatic N) is 2. The number of carbonyl (C=O) groups is 2. The summed E-state index contributed by atoms with van der Waals surface area (Å²) in [5.41, 5.74) is 0. The lowest BCUT2D eigenvalue weighted by Gasteiger charge is -2.35. The molecule has 0 bridgehead atoms. The van der Waals surface area contributed by atoms with Crippen molar-refractivity contribution in [1.29, 1.82) is 0 Å². The molecule has 31 heavy (non-hydrogen) atoms. The summed E-state index contributed by atoms with van der Waals surface area (Å²) < 4.78 is 29.3. The van der Waals surface area contributed by atoms with Gasteiger partial charge in [-0.3, -0.25) is 9.59 Å². The first-order chi connectivity index (χ1) is 14.7. The van der Waals surface area contributed by atoms with E-state index in [9.17, 15) is 18.0 Å². The van der Waals surface area contributed by atoms with Gasteiger partial charge in [-0.15, -0.1) is 11.3 Å². The van der Waals surface area contributed by atoms with Crippen LogP contribution in [0.3, 0.4) is 0 Å². The van der Waals surface area contributed by atoms with E-state index in [2.05, 4.69) is 11.6 Å². The van der Waals surface area contributed by atoms with Crippen LogP contribution in [-0.2, 0) is 19.6 Å². The monoisotopic (exact) mass is 483 g/mol. The summed E-state index contributed by atoms with van der Waals surface area (Å²) in [5.74, 6) is 0.0627. The zero-order chi connectivity index (χ0) is 22.2. The van der Waals surface area contributed by atoms with Gasteiger partial charge in [-0.2, -0.15) is 4.72 Å². The van der Waals surface area contributed by atoms with E-state index in [1.807, 2.05) is 4.90 Å². The molecule has 7 nitrogen and oxygen atoms in total. The molecule has 1 unspecified atom stereocenters. The number of thiophene rings is 1. The third-order valence-corrected chi connectivity index (χ3v) is 9.17. The van der Waals surface area contributed by atoms with E-state index < -0.39 is 16.1 Å². The number of hydrogen-bond acceptors (Lipinski definition) is 5. The highest BCUT2D eigenvalue weighted by atomic mass is 35.5. The standard InChI is InChI=1S/C21H26ClN3O4S2/c1-14-4-2-8-24(12-14)19(26)13-25-9-3-5-17(21(25)27)23-31(28,29)20-10-15-6-7-16(22)11-18(15)30-20/h6-7,10-11,14,17,23H,2-5,8-9,12-13H2,1H3/t14?,17-/m0/s1. The summed E-state index contributed by atoms with van der Waals surface area (Å²) in [5, 5.41) is 1.32. The van der Waals surface area contributed by atoms with E-state index in [0.717, 1.165) is 40.8 Å². The molecule has 4 rings (SSSR count). The Morgan fingerprint density at radius 3 is 2.77 bits per heavy atom. The van der Waals surface area contributed by atoms with E-state index in [1.165, 1.54) is 4.90 Å². The third-order valence-electron chi connectivity index (χ3n) is 5.89. The fourth-order valence-electron chi connectivity index (χ4n) is 4.24. The number of halogens is 1. The number of carbonyl (C=O) groups excluding carboxylic acids is 2. The Morgan fingerprint density at radius 1 is 1.23 bits per heavy atom. The van der Waals surface area contributed by atoms with Crippen molar-refractivity contribution in [2.75, 3.05) is 26.2 Å². The van der Waals surface area contributed by atoms with Crippen molar-refractivity contribution >= 4 is 54.9 Å². The normalized spacial score (nSPS) is 22.8. The summed E-state index contributed by atoms with van der Waals surface area (Å²) >= 11 is 7.12. The van der Waals surface area contributed by atoms with Crippen molar-refractivity contribution < 1.29 is 18.0 Å². The molecule has 0 aliphatic carbocycles. The van der Waals surface area contributed by atoms with Crippen LogP contribution in [0, 0.1) is 5.92 Å². The minimum Gasteiger partial charge on any atom is -0.341 e. The number of likely N-dealkylation sites (tertiary alicyclic amines) is 2. The molecule has 3 heterocycles. The number of piperidine rings is 2. The lowest BCUT2D eigenvalue weighted by Crippen LogP contribution is -2.55. The Labute approximate surface area is 191 Å². The minimum atomic E-state index is -3.86. The average Bonchev–Trinajstić information content (AvgIpc) is 3.15. The highest BCUT2D eigenvalue weighted by molar-refractivity contribution is 7.91. The largest absolute Gasteiger partial charge is 0.341 e. The van der Waals surface area contributed by atoms with Gasteiger partial charge in [-0.25, -0.2) is 8.42 Å². The first-order valence-corrected chi connectivity index (χ1v) is 13.2. The Balaban J connectivity index is 1.44. The second-order valence-electron chi connectivity index (χ2n) is 8.41. The maximum absolute atomic E-state index is 12.9. The van der Waals surface area contributed by atoms with Gasteiger partial charge < -0.3 is 9.80 Å². The van der Waals surface area contributed by atoms with Gasteiger partial charge in [0.1, 0.15) is 10.3 Å². The number of amides is 2. The van der Waals surface area contributed by atoms with Crippen molar-refractivity contribution in [2.45, 2.75) is 42.9 Å². The smallest absolute Gasteiger partial charge is 0.250 e. The van der Waals surface area contributed by atoms with Gasteiger partial charge in [-0.1, -0.05) is 24.6 Å². The van der Waals surface area contributed by atoms with Gasteiger partial charge in [0.05, 0.1) is 6.54 Å². The predicted molar refractivity (Wildman–Crippen MR) is 122 cm³/mol. The van der Waals surface area contributed by atoms with E-state index >= 15 is 0 Å². The summed E-state index contributed by atoms with van der Waals surface area (Å²) in [6.45, 7) is 4.03. The van der Waals surface area contributed by atoms with Crippen molar-refractivity contribution in [2.24, 2.45) is 5.92 Å². The summed E-state index contributed by atoms with van der Waals surface area (Å²) in [6, 6.07) is 5.93. The van der Waals surface area contributed by atoms with Crippen LogP contribution in [0.1, 0.15) is 32.6 Å². The van der Waals surface area contributed by atoms with Gasteiger partial charge in [0.15, 0.2) is 0 Å². The van der Waals surface area contributed by atoms with E-state index in [0.29, 0.717) is 36.9 Å². The number of rotatable bonds is 5. The number of sulfonamides is 1. The second-order valence-corrected chi connectivity index (χ2v) is 11.9. The van der Waals surface area contributed by atoms with Gasteiger partial charge in [0.2, 0.25) is 11.8 Å². The molecule has 1 N–H and O–H groups in total. The van der Waals surface area contributed by atoms with Gasteiger partial charge in [-0.05, 0) is 55.2 Å². The molecule has 1 aromatic carbocycles. The minimum absolute atomic E-state index is 0.00513. The van der Waals surface area contributed by atoms with Gasteiger partial charge in [0, 0.05) is 29.4 Å². The molecular weight excluding hydrogens is 458 g/mol. The summed E-state index contributed by atoms with van der Waals surface area (Å²) in [7, 11) is -3.86. The topological polar surface area (TPSA) is 86.8 Å². The van der Waals surface area contributed by atoms with E-state index in [4.69, 9.17) is 11.6 Å². The molecule has 10 heteroatoms. The molecular formula is C21H26ClN3O4S2. The van der Waals surface area contributed by atoms with Crippen molar-refractivity contribution in [3.8, 4) is 0 Å². The maximum Gasteiger partial charge on any atom is 0.250 e. The van der Waals surface area contributed by atoms with Crippen LogP contribution in [0.5, 0.6) is 0 Å². The average molecular weight is 484 g/mol.